The van der Waals surface area contributed by atoms with Gasteiger partial charge in [0.05, 0.1) is 5.60 Å². The Morgan fingerprint density at radius 2 is 1.87 bits per heavy atom. The molecular weight excluding hydrogens is 184 g/mol. The molecule has 1 saturated carbocycles. The number of hydrogen-bond donors (Lipinski definition) is 1. The van der Waals surface area contributed by atoms with E-state index in [2.05, 4.69) is 19.9 Å². The van der Waals surface area contributed by atoms with Gasteiger partial charge in [-0.25, -0.2) is 0 Å². The van der Waals surface area contributed by atoms with Crippen LogP contribution in [-0.4, -0.2) is 10.7 Å². The summed E-state index contributed by atoms with van der Waals surface area (Å²) in [7, 11) is 0. The summed E-state index contributed by atoms with van der Waals surface area (Å²) in [6.45, 7) is 4.56. The molecule has 1 N–H and O–H groups in total. The predicted molar refractivity (Wildman–Crippen MR) is 63.7 cm³/mol. The second-order valence-electron chi connectivity index (χ2n) is 5.86. The normalized spacial score (nSPS) is 42.5. The van der Waals surface area contributed by atoms with Crippen molar-refractivity contribution in [3.05, 3.63) is 11.6 Å². The van der Waals surface area contributed by atoms with Crippen LogP contribution in [0.15, 0.2) is 11.6 Å². The van der Waals surface area contributed by atoms with Gasteiger partial charge in [0, 0.05) is 0 Å². The van der Waals surface area contributed by atoms with Gasteiger partial charge in [0.15, 0.2) is 0 Å². The van der Waals surface area contributed by atoms with Gasteiger partial charge in [-0.05, 0) is 62.4 Å². The zero-order valence-corrected chi connectivity index (χ0v) is 10.1. The van der Waals surface area contributed by atoms with Crippen molar-refractivity contribution in [2.75, 3.05) is 0 Å². The predicted octanol–water partition coefficient (Wildman–Crippen LogP) is 3.67. The fourth-order valence-corrected chi connectivity index (χ4v) is 3.61. The van der Waals surface area contributed by atoms with Crippen LogP contribution in [0.3, 0.4) is 0 Å². The minimum Gasteiger partial charge on any atom is -0.385 e. The first-order valence-electron chi connectivity index (χ1n) is 6.52. The SMILES string of the molecule is CC1CC(C)CC(O)(C2=CCCCC2)C1. The van der Waals surface area contributed by atoms with Crippen LogP contribution in [0.2, 0.25) is 0 Å². The fraction of sp³-hybridized carbons (Fsp3) is 0.857. The van der Waals surface area contributed by atoms with Crippen molar-refractivity contribution >= 4 is 0 Å². The summed E-state index contributed by atoms with van der Waals surface area (Å²) in [5.41, 5.74) is 0.907. The van der Waals surface area contributed by atoms with Crippen LogP contribution in [0.25, 0.3) is 0 Å². The van der Waals surface area contributed by atoms with Gasteiger partial charge < -0.3 is 5.11 Å². The van der Waals surface area contributed by atoms with E-state index in [0.29, 0.717) is 11.8 Å². The lowest BCUT2D eigenvalue weighted by Gasteiger charge is -2.41. The van der Waals surface area contributed by atoms with Crippen LogP contribution in [0, 0.1) is 11.8 Å². The maximum Gasteiger partial charge on any atom is 0.0861 e. The lowest BCUT2D eigenvalue weighted by atomic mass is 9.68. The minimum atomic E-state index is -0.447. The molecule has 0 spiro atoms. The van der Waals surface area contributed by atoms with Crippen LogP contribution in [-0.2, 0) is 0 Å². The summed E-state index contributed by atoms with van der Waals surface area (Å²) < 4.78 is 0. The smallest absolute Gasteiger partial charge is 0.0861 e. The third-order valence-electron chi connectivity index (χ3n) is 4.07. The van der Waals surface area contributed by atoms with E-state index >= 15 is 0 Å². The van der Waals surface area contributed by atoms with Gasteiger partial charge in [-0.15, -0.1) is 0 Å². The molecule has 0 amide bonds. The van der Waals surface area contributed by atoms with Gasteiger partial charge in [-0.1, -0.05) is 19.9 Å². The zero-order chi connectivity index (χ0) is 10.9. The molecule has 1 heteroatoms. The first kappa shape index (κ1) is 11.2. The lowest BCUT2D eigenvalue weighted by molar-refractivity contribution is -0.00304. The Bertz CT molecular complexity index is 244. The molecule has 0 aromatic rings. The van der Waals surface area contributed by atoms with E-state index in [9.17, 15) is 5.11 Å². The Hall–Kier alpha value is -0.300. The summed E-state index contributed by atoms with van der Waals surface area (Å²) in [5, 5.41) is 10.8. The number of allylic oxidation sites excluding steroid dienone is 1. The monoisotopic (exact) mass is 208 g/mol. The summed E-state index contributed by atoms with van der Waals surface area (Å²) in [6, 6.07) is 0. The molecule has 0 bridgehead atoms. The topological polar surface area (TPSA) is 20.2 Å². The third kappa shape index (κ3) is 2.44. The third-order valence-corrected chi connectivity index (χ3v) is 4.07. The second-order valence-corrected chi connectivity index (χ2v) is 5.86. The Labute approximate surface area is 93.6 Å². The van der Waals surface area contributed by atoms with Gasteiger partial charge >= 0.3 is 0 Å². The maximum absolute atomic E-state index is 10.8. The molecule has 2 unspecified atom stereocenters. The Morgan fingerprint density at radius 3 is 2.40 bits per heavy atom. The van der Waals surface area contributed by atoms with Crippen LogP contribution in [0.4, 0.5) is 0 Å². The van der Waals surface area contributed by atoms with E-state index in [1.54, 1.807) is 0 Å². The molecule has 0 heterocycles. The van der Waals surface area contributed by atoms with Crippen LogP contribution >= 0.6 is 0 Å². The molecular formula is C14H24O. The average Bonchev–Trinajstić information content (AvgIpc) is 2.17. The van der Waals surface area contributed by atoms with Crippen LogP contribution in [0.1, 0.15) is 58.8 Å². The summed E-state index contributed by atoms with van der Waals surface area (Å²) >= 11 is 0. The van der Waals surface area contributed by atoms with Crippen LogP contribution in [0.5, 0.6) is 0 Å². The molecule has 0 aliphatic heterocycles. The standard InChI is InChI=1S/C14H24O/c1-11-8-12(2)10-14(15,9-11)13-6-4-3-5-7-13/h6,11-12,15H,3-5,7-10H2,1-2H3. The molecule has 2 atom stereocenters. The first-order valence-corrected chi connectivity index (χ1v) is 6.52. The quantitative estimate of drug-likeness (QED) is 0.652. The minimum absolute atomic E-state index is 0.447. The zero-order valence-electron chi connectivity index (χ0n) is 10.1. The Kier molecular flexibility index (Phi) is 3.20. The van der Waals surface area contributed by atoms with Crippen molar-refractivity contribution in [1.29, 1.82) is 0 Å². The molecule has 0 radical (unpaired) electrons. The van der Waals surface area contributed by atoms with E-state index in [1.807, 2.05) is 0 Å². The molecule has 0 aromatic carbocycles. The lowest BCUT2D eigenvalue weighted by Crippen LogP contribution is -2.40. The van der Waals surface area contributed by atoms with Gasteiger partial charge in [0.25, 0.3) is 0 Å². The van der Waals surface area contributed by atoms with E-state index < -0.39 is 5.60 Å². The average molecular weight is 208 g/mol. The Balaban J connectivity index is 2.13. The van der Waals surface area contributed by atoms with Crippen molar-refractivity contribution in [3.63, 3.8) is 0 Å². The van der Waals surface area contributed by atoms with Crippen molar-refractivity contribution in [2.45, 2.75) is 64.4 Å². The fourth-order valence-electron chi connectivity index (χ4n) is 3.61. The number of hydrogen-bond acceptors (Lipinski definition) is 1. The Morgan fingerprint density at radius 1 is 1.20 bits per heavy atom. The molecule has 1 fully saturated rings. The van der Waals surface area contributed by atoms with Gasteiger partial charge in [0.2, 0.25) is 0 Å². The van der Waals surface area contributed by atoms with Crippen molar-refractivity contribution in [1.82, 2.24) is 0 Å². The molecule has 2 aliphatic rings. The number of aliphatic hydroxyl groups is 1. The van der Waals surface area contributed by atoms with E-state index in [-0.39, 0.29) is 0 Å². The van der Waals surface area contributed by atoms with Crippen LogP contribution < -0.4 is 0 Å². The van der Waals surface area contributed by atoms with Gasteiger partial charge in [0.1, 0.15) is 0 Å². The van der Waals surface area contributed by atoms with Gasteiger partial charge in [-0.3, -0.25) is 0 Å². The molecule has 15 heavy (non-hydrogen) atoms. The first-order chi connectivity index (χ1) is 7.10. The molecule has 2 aliphatic carbocycles. The van der Waals surface area contributed by atoms with E-state index in [0.717, 1.165) is 19.3 Å². The van der Waals surface area contributed by atoms with Crippen molar-refractivity contribution in [3.8, 4) is 0 Å². The highest BCUT2D eigenvalue weighted by molar-refractivity contribution is 5.20. The molecule has 0 saturated heterocycles. The van der Waals surface area contributed by atoms with Crippen molar-refractivity contribution < 1.29 is 5.11 Å². The second kappa shape index (κ2) is 4.29. The summed E-state index contributed by atoms with van der Waals surface area (Å²) in [4.78, 5) is 0. The van der Waals surface area contributed by atoms with Crippen molar-refractivity contribution in [2.24, 2.45) is 11.8 Å². The van der Waals surface area contributed by atoms with E-state index in [4.69, 9.17) is 0 Å². The molecule has 0 aromatic heterocycles. The summed E-state index contributed by atoms with van der Waals surface area (Å²) in [5.74, 6) is 1.36. The largest absolute Gasteiger partial charge is 0.385 e. The number of rotatable bonds is 1. The summed E-state index contributed by atoms with van der Waals surface area (Å²) in [6.07, 6.45) is 10.5. The highest BCUT2D eigenvalue weighted by Crippen LogP contribution is 2.42. The molecule has 86 valence electrons. The van der Waals surface area contributed by atoms with E-state index in [1.165, 1.54) is 31.3 Å². The highest BCUT2D eigenvalue weighted by atomic mass is 16.3. The van der Waals surface area contributed by atoms with Gasteiger partial charge in [-0.2, -0.15) is 0 Å². The maximum atomic E-state index is 10.8. The molecule has 1 nitrogen and oxygen atoms in total. The highest BCUT2D eigenvalue weighted by Gasteiger charge is 2.38. The molecule has 2 rings (SSSR count).